The average Bonchev–Trinajstić information content (AvgIpc) is 3.41. The van der Waals surface area contributed by atoms with Gasteiger partial charge in [0.2, 0.25) is 5.91 Å². The molecule has 1 aliphatic carbocycles. The predicted octanol–water partition coefficient (Wildman–Crippen LogP) is 2.20. The van der Waals surface area contributed by atoms with Crippen LogP contribution in [0.4, 0.5) is 5.00 Å². The fraction of sp³-hybridized carbons (Fsp3) is 0.684. The van der Waals surface area contributed by atoms with Crippen LogP contribution >= 0.6 is 11.3 Å². The van der Waals surface area contributed by atoms with E-state index in [1.807, 2.05) is 5.38 Å². The third kappa shape index (κ3) is 3.28. The number of amides is 1. The average molecular weight is 378 g/mol. The van der Waals surface area contributed by atoms with Crippen LogP contribution in [0.15, 0.2) is 11.4 Å². The molecule has 1 aromatic rings. The van der Waals surface area contributed by atoms with E-state index in [0.717, 1.165) is 43.6 Å². The minimum absolute atomic E-state index is 0.0478. The van der Waals surface area contributed by atoms with Crippen LogP contribution in [0.5, 0.6) is 0 Å². The summed E-state index contributed by atoms with van der Waals surface area (Å²) in [5.41, 5.74) is 0.498. The van der Waals surface area contributed by atoms with Gasteiger partial charge in [-0.25, -0.2) is 4.79 Å². The number of rotatable bonds is 4. The van der Waals surface area contributed by atoms with E-state index in [1.54, 1.807) is 11.0 Å². The lowest BCUT2D eigenvalue weighted by molar-refractivity contribution is -0.122. The molecule has 4 rings (SSSR count). The van der Waals surface area contributed by atoms with Crippen molar-refractivity contribution in [2.45, 2.75) is 44.2 Å². The van der Waals surface area contributed by atoms with E-state index in [9.17, 15) is 9.59 Å². The lowest BCUT2D eigenvalue weighted by Gasteiger charge is -2.40. The van der Waals surface area contributed by atoms with Crippen molar-refractivity contribution in [3.63, 3.8) is 0 Å². The van der Waals surface area contributed by atoms with Gasteiger partial charge in [0.25, 0.3) is 0 Å². The molecule has 6 nitrogen and oxygen atoms in total. The van der Waals surface area contributed by atoms with Gasteiger partial charge in [-0.05, 0) is 30.7 Å². The molecule has 0 bridgehead atoms. The van der Waals surface area contributed by atoms with Gasteiger partial charge < -0.3 is 9.64 Å². The fourth-order valence-electron chi connectivity index (χ4n) is 4.66. The van der Waals surface area contributed by atoms with Crippen LogP contribution in [0.1, 0.15) is 42.5 Å². The maximum Gasteiger partial charge on any atom is 0.340 e. The van der Waals surface area contributed by atoms with E-state index < -0.39 is 0 Å². The Balaban J connectivity index is 1.39. The van der Waals surface area contributed by atoms with Crippen molar-refractivity contribution in [2.75, 3.05) is 44.7 Å². The van der Waals surface area contributed by atoms with Crippen LogP contribution in [0.25, 0.3) is 0 Å². The highest BCUT2D eigenvalue weighted by atomic mass is 32.1. The van der Waals surface area contributed by atoms with Crippen LogP contribution in [-0.2, 0) is 9.53 Å². The van der Waals surface area contributed by atoms with E-state index in [0.29, 0.717) is 12.1 Å². The minimum atomic E-state index is -0.373. The molecule has 7 heteroatoms. The summed E-state index contributed by atoms with van der Waals surface area (Å²) in [6.07, 6.45) is 6.24. The smallest absolute Gasteiger partial charge is 0.340 e. The van der Waals surface area contributed by atoms with Crippen LogP contribution in [0.3, 0.4) is 0 Å². The Morgan fingerprint density at radius 3 is 2.46 bits per heavy atom. The molecular formula is C19H27N3O3S. The van der Waals surface area contributed by atoms with Crippen LogP contribution in [0, 0.1) is 0 Å². The molecule has 0 N–H and O–H groups in total. The number of methoxy groups -OCH3 is 1. The standard InChI is InChI=1S/C19H27N3O3S/c1-25-19(24)15-7-13-26-18(15)22-8-6-16(17(22)23)21-11-9-20(10-12-21)14-4-2-3-5-14/h7,13-14,16H,2-6,8-12H2,1H3. The number of piperazine rings is 1. The summed E-state index contributed by atoms with van der Waals surface area (Å²) in [7, 11) is 1.38. The van der Waals surface area contributed by atoms with Gasteiger partial charge in [0, 0.05) is 38.8 Å². The quantitative estimate of drug-likeness (QED) is 0.753. The zero-order valence-corrected chi connectivity index (χ0v) is 16.2. The zero-order chi connectivity index (χ0) is 18.1. The molecule has 1 saturated carbocycles. The molecule has 1 aromatic heterocycles. The second-order valence-corrected chi connectivity index (χ2v) is 8.33. The number of hydrogen-bond donors (Lipinski definition) is 0. The Kier molecular flexibility index (Phi) is 5.29. The largest absolute Gasteiger partial charge is 0.465 e. The molecular weight excluding hydrogens is 350 g/mol. The Hall–Kier alpha value is -1.44. The Bertz CT molecular complexity index is 663. The second kappa shape index (κ2) is 7.66. The van der Waals surface area contributed by atoms with E-state index in [4.69, 9.17) is 4.74 Å². The van der Waals surface area contributed by atoms with E-state index in [-0.39, 0.29) is 17.9 Å². The summed E-state index contributed by atoms with van der Waals surface area (Å²) in [6.45, 7) is 4.75. The van der Waals surface area contributed by atoms with Crippen molar-refractivity contribution in [1.82, 2.24) is 9.80 Å². The van der Waals surface area contributed by atoms with Gasteiger partial charge in [0.1, 0.15) is 5.00 Å². The molecule has 1 unspecified atom stereocenters. The van der Waals surface area contributed by atoms with Crippen LogP contribution in [0.2, 0.25) is 0 Å². The molecule has 142 valence electrons. The van der Waals surface area contributed by atoms with Crippen LogP contribution < -0.4 is 4.90 Å². The molecule has 0 radical (unpaired) electrons. The maximum atomic E-state index is 13.0. The minimum Gasteiger partial charge on any atom is -0.465 e. The predicted molar refractivity (Wildman–Crippen MR) is 102 cm³/mol. The van der Waals surface area contributed by atoms with Gasteiger partial charge in [0.05, 0.1) is 18.7 Å². The maximum absolute atomic E-state index is 13.0. The second-order valence-electron chi connectivity index (χ2n) is 7.44. The van der Waals surface area contributed by atoms with Crippen molar-refractivity contribution in [3.8, 4) is 0 Å². The Morgan fingerprint density at radius 2 is 1.77 bits per heavy atom. The van der Waals surface area contributed by atoms with E-state index >= 15 is 0 Å². The first-order valence-corrected chi connectivity index (χ1v) is 10.5. The topological polar surface area (TPSA) is 53.1 Å². The normalized spacial score (nSPS) is 26.0. The molecule has 0 aromatic carbocycles. The Morgan fingerprint density at radius 1 is 1.08 bits per heavy atom. The van der Waals surface area contributed by atoms with E-state index in [2.05, 4.69) is 9.80 Å². The third-order valence-corrected chi connectivity index (χ3v) is 7.04. The summed E-state index contributed by atoms with van der Waals surface area (Å²) in [4.78, 5) is 31.7. The molecule has 0 spiro atoms. The zero-order valence-electron chi connectivity index (χ0n) is 15.4. The fourth-order valence-corrected chi connectivity index (χ4v) is 5.58. The third-order valence-electron chi connectivity index (χ3n) is 6.10. The monoisotopic (exact) mass is 377 g/mol. The first-order chi connectivity index (χ1) is 12.7. The van der Waals surface area contributed by atoms with E-state index in [1.165, 1.54) is 44.1 Å². The van der Waals surface area contributed by atoms with Gasteiger partial charge in [-0.1, -0.05) is 12.8 Å². The number of esters is 1. The molecule has 3 aliphatic rings. The summed E-state index contributed by atoms with van der Waals surface area (Å²) in [5, 5.41) is 2.58. The molecule has 26 heavy (non-hydrogen) atoms. The van der Waals surface area contributed by atoms with Crippen molar-refractivity contribution in [2.24, 2.45) is 0 Å². The SMILES string of the molecule is COC(=O)c1ccsc1N1CCC(N2CCN(C3CCCC3)CC2)C1=O. The van der Waals surface area contributed by atoms with Crippen molar-refractivity contribution in [3.05, 3.63) is 17.0 Å². The highest BCUT2D eigenvalue weighted by Gasteiger charge is 2.40. The summed E-state index contributed by atoms with van der Waals surface area (Å²) < 4.78 is 4.85. The van der Waals surface area contributed by atoms with Crippen LogP contribution in [-0.4, -0.2) is 73.6 Å². The molecule has 3 heterocycles. The van der Waals surface area contributed by atoms with Gasteiger partial charge in [0.15, 0.2) is 0 Å². The van der Waals surface area contributed by atoms with Gasteiger partial charge in [-0.2, -0.15) is 0 Å². The molecule has 2 aliphatic heterocycles. The molecule has 3 fully saturated rings. The summed E-state index contributed by atoms with van der Waals surface area (Å²) >= 11 is 1.44. The summed E-state index contributed by atoms with van der Waals surface area (Å²) in [5.74, 6) is -0.241. The number of anilines is 1. The number of ether oxygens (including phenoxy) is 1. The van der Waals surface area contributed by atoms with Crippen molar-refractivity contribution >= 4 is 28.2 Å². The van der Waals surface area contributed by atoms with Crippen molar-refractivity contribution in [1.29, 1.82) is 0 Å². The summed E-state index contributed by atoms with van der Waals surface area (Å²) in [6, 6.07) is 2.46. The molecule has 1 atom stereocenters. The van der Waals surface area contributed by atoms with Crippen molar-refractivity contribution < 1.29 is 14.3 Å². The van der Waals surface area contributed by atoms with Gasteiger partial charge >= 0.3 is 5.97 Å². The van der Waals surface area contributed by atoms with Gasteiger partial charge in [-0.3, -0.25) is 14.6 Å². The number of nitrogens with zero attached hydrogens (tertiary/aromatic N) is 3. The molecule has 2 saturated heterocycles. The lowest BCUT2D eigenvalue weighted by atomic mass is 10.1. The molecule has 1 amide bonds. The number of thiophene rings is 1. The van der Waals surface area contributed by atoms with Gasteiger partial charge in [-0.15, -0.1) is 11.3 Å². The first kappa shape index (κ1) is 17.9. The lowest BCUT2D eigenvalue weighted by Crippen LogP contribution is -2.54. The number of carbonyl (C=O) groups is 2. The highest BCUT2D eigenvalue weighted by Crippen LogP contribution is 2.33. The highest BCUT2D eigenvalue weighted by molar-refractivity contribution is 7.14. The number of carbonyl (C=O) groups excluding carboxylic acids is 2. The number of hydrogen-bond acceptors (Lipinski definition) is 6. The first-order valence-electron chi connectivity index (χ1n) is 9.64. The Labute approximate surface area is 158 Å².